The van der Waals surface area contributed by atoms with Crippen molar-refractivity contribution in [3.63, 3.8) is 0 Å². The molecule has 7 nitrogen and oxygen atoms in total. The van der Waals surface area contributed by atoms with E-state index in [0.717, 1.165) is 18.2 Å². The number of benzene rings is 2. The van der Waals surface area contributed by atoms with E-state index in [-0.39, 0.29) is 0 Å². The minimum Gasteiger partial charge on any atom is -0.346 e. The molecule has 150 valence electrons. The van der Waals surface area contributed by atoms with E-state index in [0.29, 0.717) is 11.8 Å². The van der Waals surface area contributed by atoms with Crippen molar-refractivity contribution in [2.24, 2.45) is 0 Å². The van der Waals surface area contributed by atoms with Crippen LogP contribution < -0.4 is 15.4 Å². The fourth-order valence-corrected chi connectivity index (χ4v) is 3.08. The fraction of sp³-hybridized carbons (Fsp3) is 0.176. The van der Waals surface area contributed by atoms with Crippen LogP contribution in [0.4, 0.5) is 18.9 Å². The van der Waals surface area contributed by atoms with Crippen molar-refractivity contribution in [2.75, 3.05) is 18.4 Å². The van der Waals surface area contributed by atoms with Crippen molar-refractivity contribution in [1.29, 1.82) is 0 Å². The largest absolute Gasteiger partial charge is 0.416 e. The SMILES string of the molecule is O=C(CNS(=O)(=O)c1cccc(C(F)(F)F)c1)NCC(=O)Nc1ccccc1. The van der Waals surface area contributed by atoms with E-state index in [4.69, 9.17) is 0 Å². The maximum Gasteiger partial charge on any atom is 0.416 e. The van der Waals surface area contributed by atoms with Crippen LogP contribution in [0.15, 0.2) is 59.5 Å². The second-order valence-corrected chi connectivity index (χ2v) is 7.31. The van der Waals surface area contributed by atoms with Crippen LogP contribution in [-0.2, 0) is 25.8 Å². The molecule has 3 N–H and O–H groups in total. The van der Waals surface area contributed by atoms with E-state index >= 15 is 0 Å². The summed E-state index contributed by atoms with van der Waals surface area (Å²) in [5.74, 6) is -1.35. The van der Waals surface area contributed by atoms with Crippen LogP contribution in [0.2, 0.25) is 0 Å². The van der Waals surface area contributed by atoms with Crippen LogP contribution in [-0.4, -0.2) is 33.3 Å². The number of rotatable bonds is 7. The van der Waals surface area contributed by atoms with Gasteiger partial charge in [0.1, 0.15) is 0 Å². The number of hydrogen-bond donors (Lipinski definition) is 3. The molecule has 0 aliphatic heterocycles. The predicted molar refractivity (Wildman–Crippen MR) is 94.7 cm³/mol. The van der Waals surface area contributed by atoms with Gasteiger partial charge in [0.25, 0.3) is 0 Å². The third kappa shape index (κ3) is 6.35. The highest BCUT2D eigenvalue weighted by Gasteiger charge is 2.31. The maximum absolute atomic E-state index is 12.7. The minimum absolute atomic E-state index is 0.404. The van der Waals surface area contributed by atoms with Gasteiger partial charge < -0.3 is 10.6 Å². The summed E-state index contributed by atoms with van der Waals surface area (Å²) in [6.45, 7) is -1.14. The van der Waals surface area contributed by atoms with Crippen molar-refractivity contribution in [3.8, 4) is 0 Å². The van der Waals surface area contributed by atoms with Crippen molar-refractivity contribution >= 4 is 27.5 Å². The van der Waals surface area contributed by atoms with E-state index in [1.165, 1.54) is 0 Å². The second-order valence-electron chi connectivity index (χ2n) is 5.54. The Labute approximate surface area is 159 Å². The fourth-order valence-electron chi connectivity index (χ4n) is 2.05. The maximum atomic E-state index is 12.7. The lowest BCUT2D eigenvalue weighted by molar-refractivity contribution is -0.137. The van der Waals surface area contributed by atoms with E-state index < -0.39 is 51.6 Å². The summed E-state index contributed by atoms with van der Waals surface area (Å²) in [6.07, 6.45) is -4.70. The third-order valence-electron chi connectivity index (χ3n) is 3.40. The monoisotopic (exact) mass is 415 g/mol. The summed E-state index contributed by atoms with van der Waals surface area (Å²) < 4.78 is 64.1. The molecule has 2 rings (SSSR count). The van der Waals surface area contributed by atoms with Gasteiger partial charge in [-0.3, -0.25) is 9.59 Å². The zero-order valence-corrected chi connectivity index (χ0v) is 15.1. The van der Waals surface area contributed by atoms with Crippen molar-refractivity contribution < 1.29 is 31.2 Å². The Balaban J connectivity index is 1.87. The van der Waals surface area contributed by atoms with Crippen LogP contribution in [0.25, 0.3) is 0 Å². The first-order valence-electron chi connectivity index (χ1n) is 7.86. The first kappa shape index (κ1) is 21.4. The van der Waals surface area contributed by atoms with Gasteiger partial charge in [0.15, 0.2) is 0 Å². The predicted octanol–water partition coefficient (Wildman–Crippen LogP) is 1.74. The standard InChI is InChI=1S/C17H16F3N3O4S/c18-17(19,20)12-5-4-8-14(9-12)28(26,27)22-11-15(24)21-10-16(25)23-13-6-2-1-3-7-13/h1-9,22H,10-11H2,(H,21,24)(H,23,25). The molecular formula is C17H16F3N3O4S. The van der Waals surface area contributed by atoms with E-state index in [9.17, 15) is 31.2 Å². The summed E-state index contributed by atoms with van der Waals surface area (Å²) in [7, 11) is -4.34. The van der Waals surface area contributed by atoms with Crippen LogP contribution in [0.1, 0.15) is 5.56 Å². The van der Waals surface area contributed by atoms with Crippen molar-refractivity contribution in [1.82, 2.24) is 10.0 Å². The molecule has 2 aromatic carbocycles. The average Bonchev–Trinajstić information content (AvgIpc) is 2.65. The van der Waals surface area contributed by atoms with Gasteiger partial charge in [-0.2, -0.15) is 13.2 Å². The Morgan fingerprint density at radius 1 is 0.893 bits per heavy atom. The summed E-state index contributed by atoms with van der Waals surface area (Å²) in [4.78, 5) is 22.8. The molecule has 0 atom stereocenters. The average molecular weight is 415 g/mol. The van der Waals surface area contributed by atoms with Crippen molar-refractivity contribution in [3.05, 3.63) is 60.2 Å². The number of alkyl halides is 3. The highest BCUT2D eigenvalue weighted by atomic mass is 32.2. The summed E-state index contributed by atoms with van der Waals surface area (Å²) in [5, 5.41) is 4.72. The van der Waals surface area contributed by atoms with Crippen molar-refractivity contribution in [2.45, 2.75) is 11.1 Å². The highest BCUT2D eigenvalue weighted by Crippen LogP contribution is 2.30. The van der Waals surface area contributed by atoms with Gasteiger partial charge in [0, 0.05) is 5.69 Å². The Hall–Kier alpha value is -2.92. The van der Waals surface area contributed by atoms with Gasteiger partial charge >= 0.3 is 6.18 Å². The number of amides is 2. The number of carbonyl (C=O) groups is 2. The molecule has 0 unspecified atom stereocenters. The topological polar surface area (TPSA) is 104 Å². The summed E-state index contributed by atoms with van der Waals surface area (Å²) >= 11 is 0. The van der Waals surface area contributed by atoms with Gasteiger partial charge in [-0.25, -0.2) is 13.1 Å². The molecule has 0 aliphatic rings. The summed E-state index contributed by atoms with van der Waals surface area (Å²) in [5.41, 5.74) is -0.607. The molecule has 2 amide bonds. The third-order valence-corrected chi connectivity index (χ3v) is 4.80. The lowest BCUT2D eigenvalue weighted by Gasteiger charge is -2.10. The van der Waals surface area contributed by atoms with Crippen LogP contribution in [0.3, 0.4) is 0 Å². The van der Waals surface area contributed by atoms with E-state index in [2.05, 4.69) is 10.6 Å². The molecule has 0 spiro atoms. The number of halogens is 3. The van der Waals surface area contributed by atoms with Gasteiger partial charge in [-0.1, -0.05) is 24.3 Å². The van der Waals surface area contributed by atoms with Gasteiger partial charge in [-0.15, -0.1) is 0 Å². The number of hydrogen-bond acceptors (Lipinski definition) is 4. The lowest BCUT2D eigenvalue weighted by atomic mass is 10.2. The molecule has 2 aromatic rings. The number of anilines is 1. The molecule has 11 heteroatoms. The molecule has 0 radical (unpaired) electrons. The Morgan fingerprint density at radius 3 is 2.21 bits per heavy atom. The molecule has 0 heterocycles. The van der Waals surface area contributed by atoms with Gasteiger partial charge in [0.2, 0.25) is 21.8 Å². The molecule has 0 bridgehead atoms. The second kappa shape index (κ2) is 8.85. The Morgan fingerprint density at radius 2 is 1.57 bits per heavy atom. The molecule has 28 heavy (non-hydrogen) atoms. The molecule has 0 saturated carbocycles. The molecule has 0 fully saturated rings. The summed E-state index contributed by atoms with van der Waals surface area (Å²) in [6, 6.07) is 11.6. The quantitative estimate of drug-likeness (QED) is 0.641. The van der Waals surface area contributed by atoms with Gasteiger partial charge in [-0.05, 0) is 30.3 Å². The van der Waals surface area contributed by atoms with E-state index in [1.807, 2.05) is 4.72 Å². The zero-order valence-electron chi connectivity index (χ0n) is 14.3. The first-order chi connectivity index (χ1) is 13.1. The Kier molecular flexibility index (Phi) is 6.75. The van der Waals surface area contributed by atoms with E-state index in [1.54, 1.807) is 30.3 Å². The van der Waals surface area contributed by atoms with Crippen LogP contribution in [0, 0.1) is 0 Å². The number of nitrogens with one attached hydrogen (secondary N) is 3. The Bertz CT molecular complexity index is 948. The molecule has 0 aliphatic carbocycles. The van der Waals surface area contributed by atoms with Crippen LogP contribution >= 0.6 is 0 Å². The number of carbonyl (C=O) groups excluding carboxylic acids is 2. The normalized spacial score (nSPS) is 11.7. The zero-order chi connectivity index (χ0) is 20.8. The molecule has 0 aromatic heterocycles. The minimum atomic E-state index is -4.70. The molecule has 0 saturated heterocycles. The number of para-hydroxylation sites is 1. The van der Waals surface area contributed by atoms with Crippen LogP contribution in [0.5, 0.6) is 0 Å². The number of sulfonamides is 1. The lowest BCUT2D eigenvalue weighted by Crippen LogP contribution is -2.40. The first-order valence-corrected chi connectivity index (χ1v) is 9.35. The molecular weight excluding hydrogens is 399 g/mol. The van der Waals surface area contributed by atoms with Gasteiger partial charge in [0.05, 0.1) is 23.5 Å². The highest BCUT2D eigenvalue weighted by molar-refractivity contribution is 7.89. The smallest absolute Gasteiger partial charge is 0.346 e.